The van der Waals surface area contributed by atoms with Crippen LogP contribution in [0.25, 0.3) is 0 Å². The fourth-order valence-corrected chi connectivity index (χ4v) is 2.96. The number of nitrogens with zero attached hydrogens (tertiary/aromatic N) is 1. The molecule has 0 radical (unpaired) electrons. The van der Waals surface area contributed by atoms with E-state index in [1.54, 1.807) is 0 Å². The summed E-state index contributed by atoms with van der Waals surface area (Å²) in [5, 5.41) is 12.5. The van der Waals surface area contributed by atoms with Crippen molar-refractivity contribution in [2.75, 3.05) is 0 Å². The summed E-state index contributed by atoms with van der Waals surface area (Å²) in [6, 6.07) is 11.8. The van der Waals surface area contributed by atoms with Gasteiger partial charge in [0.25, 0.3) is 0 Å². The first kappa shape index (κ1) is 12.5. The smallest absolute Gasteiger partial charge is 0.161 e. The van der Waals surface area contributed by atoms with Gasteiger partial charge in [0.05, 0.1) is 17.6 Å². The fourth-order valence-electron chi connectivity index (χ4n) is 2.96. The molecule has 4 nitrogen and oxygen atoms in total. The summed E-state index contributed by atoms with van der Waals surface area (Å²) in [5.74, 6) is 0.160. The van der Waals surface area contributed by atoms with Crippen molar-refractivity contribution >= 4 is 5.78 Å². The average molecular weight is 265 g/mol. The SMILES string of the molecule is N#CC1=C(N)NC2=C(C(=O)CCC2)C1c1ccccc1. The largest absolute Gasteiger partial charge is 0.384 e. The third-order valence-electron chi connectivity index (χ3n) is 3.86. The monoisotopic (exact) mass is 265 g/mol. The second-order valence-corrected chi connectivity index (χ2v) is 5.08. The molecule has 1 aliphatic carbocycles. The number of carbonyl (C=O) groups is 1. The van der Waals surface area contributed by atoms with Gasteiger partial charge in [-0.05, 0) is 18.4 Å². The van der Waals surface area contributed by atoms with Gasteiger partial charge in [0.15, 0.2) is 5.78 Å². The number of rotatable bonds is 1. The van der Waals surface area contributed by atoms with Crippen LogP contribution >= 0.6 is 0 Å². The number of hydrogen-bond acceptors (Lipinski definition) is 4. The van der Waals surface area contributed by atoms with Gasteiger partial charge in [0.1, 0.15) is 5.82 Å². The molecule has 1 aromatic carbocycles. The molecule has 0 saturated heterocycles. The molecule has 0 saturated carbocycles. The Kier molecular flexibility index (Phi) is 3.03. The summed E-state index contributed by atoms with van der Waals surface area (Å²) in [5.41, 5.74) is 8.94. The highest BCUT2D eigenvalue weighted by Gasteiger charge is 2.36. The molecule has 1 atom stereocenters. The standard InChI is InChI=1S/C16H15N3O/c17-9-11-14(10-5-2-1-3-6-10)15-12(19-16(11)18)7-4-8-13(15)20/h1-3,5-6,14,19H,4,7-8,18H2. The normalized spacial score (nSPS) is 22.1. The number of Topliss-reactive ketones (excluding diaryl/α,β-unsaturated/α-hetero) is 1. The lowest BCUT2D eigenvalue weighted by molar-refractivity contribution is -0.116. The van der Waals surface area contributed by atoms with Gasteiger partial charge in [-0.1, -0.05) is 30.3 Å². The lowest BCUT2D eigenvalue weighted by Crippen LogP contribution is -2.34. The number of carbonyl (C=O) groups excluding carboxylic acids is 1. The second-order valence-electron chi connectivity index (χ2n) is 5.08. The van der Waals surface area contributed by atoms with Gasteiger partial charge < -0.3 is 11.1 Å². The highest BCUT2D eigenvalue weighted by Crippen LogP contribution is 2.40. The fraction of sp³-hybridized carbons (Fsp3) is 0.250. The zero-order valence-electron chi connectivity index (χ0n) is 11.0. The van der Waals surface area contributed by atoms with E-state index in [2.05, 4.69) is 11.4 Å². The number of nitrogens with two attached hydrogens (primary N) is 1. The van der Waals surface area contributed by atoms with Crippen LogP contribution in [0.4, 0.5) is 0 Å². The quantitative estimate of drug-likeness (QED) is 0.814. The predicted octanol–water partition coefficient (Wildman–Crippen LogP) is 2.07. The first-order valence-electron chi connectivity index (χ1n) is 6.70. The van der Waals surface area contributed by atoms with Crippen LogP contribution in [-0.2, 0) is 4.79 Å². The molecule has 4 heteroatoms. The van der Waals surface area contributed by atoms with Crippen molar-refractivity contribution in [3.63, 3.8) is 0 Å². The maximum atomic E-state index is 12.3. The van der Waals surface area contributed by atoms with Gasteiger partial charge >= 0.3 is 0 Å². The number of hydrogen-bond donors (Lipinski definition) is 2. The Hall–Kier alpha value is -2.54. The van der Waals surface area contributed by atoms with E-state index in [0.717, 1.165) is 24.1 Å². The third kappa shape index (κ3) is 1.88. The van der Waals surface area contributed by atoms with Crippen molar-refractivity contribution in [2.45, 2.75) is 25.2 Å². The second kappa shape index (κ2) is 4.86. The molecule has 0 fully saturated rings. The number of ketones is 1. The Morgan fingerprint density at radius 2 is 2.00 bits per heavy atom. The van der Waals surface area contributed by atoms with Crippen molar-refractivity contribution in [1.82, 2.24) is 5.32 Å². The van der Waals surface area contributed by atoms with Gasteiger partial charge in [0, 0.05) is 17.7 Å². The number of allylic oxidation sites excluding steroid dienone is 3. The summed E-state index contributed by atoms with van der Waals surface area (Å²) in [7, 11) is 0. The van der Waals surface area contributed by atoms with Crippen LogP contribution in [0, 0.1) is 11.3 Å². The van der Waals surface area contributed by atoms with Crippen LogP contribution in [0.1, 0.15) is 30.7 Å². The Morgan fingerprint density at radius 1 is 1.25 bits per heavy atom. The van der Waals surface area contributed by atoms with Gasteiger partial charge in [-0.2, -0.15) is 5.26 Å². The zero-order valence-corrected chi connectivity index (χ0v) is 11.0. The van der Waals surface area contributed by atoms with Crippen molar-refractivity contribution in [3.8, 4) is 6.07 Å². The number of nitrogens with one attached hydrogen (secondary N) is 1. The number of nitriles is 1. The van der Waals surface area contributed by atoms with Gasteiger partial charge in [0.2, 0.25) is 0 Å². The summed E-state index contributed by atoms with van der Waals surface area (Å²) in [6.07, 6.45) is 2.19. The van der Waals surface area contributed by atoms with E-state index in [0.29, 0.717) is 23.4 Å². The Balaban J connectivity index is 2.18. The number of benzene rings is 1. The highest BCUT2D eigenvalue weighted by molar-refractivity contribution is 5.99. The molecule has 20 heavy (non-hydrogen) atoms. The lowest BCUT2D eigenvalue weighted by Gasteiger charge is -2.32. The maximum Gasteiger partial charge on any atom is 0.161 e. The molecule has 100 valence electrons. The maximum absolute atomic E-state index is 12.3. The number of dihydropyridines is 1. The molecule has 0 aromatic heterocycles. The first-order chi connectivity index (χ1) is 9.72. The average Bonchev–Trinajstić information content (AvgIpc) is 2.47. The molecule has 1 heterocycles. The van der Waals surface area contributed by atoms with Crippen molar-refractivity contribution in [1.29, 1.82) is 5.26 Å². The molecular weight excluding hydrogens is 250 g/mol. The Labute approximate surface area is 117 Å². The summed E-state index contributed by atoms with van der Waals surface area (Å²) < 4.78 is 0. The zero-order chi connectivity index (χ0) is 14.1. The van der Waals surface area contributed by atoms with Crippen LogP contribution in [0.3, 0.4) is 0 Å². The molecule has 0 amide bonds. The molecule has 0 bridgehead atoms. The van der Waals surface area contributed by atoms with Crippen LogP contribution in [-0.4, -0.2) is 5.78 Å². The summed E-state index contributed by atoms with van der Waals surface area (Å²) in [4.78, 5) is 12.3. The molecule has 1 unspecified atom stereocenters. The molecule has 0 spiro atoms. The molecule has 1 aromatic rings. The molecule has 2 aliphatic rings. The molecule has 3 rings (SSSR count). The van der Waals surface area contributed by atoms with Crippen molar-refractivity contribution < 1.29 is 4.79 Å². The molecular formula is C16H15N3O. The van der Waals surface area contributed by atoms with E-state index in [4.69, 9.17) is 5.73 Å². The topological polar surface area (TPSA) is 78.9 Å². The van der Waals surface area contributed by atoms with Crippen LogP contribution in [0.5, 0.6) is 0 Å². The van der Waals surface area contributed by atoms with Gasteiger partial charge in [-0.25, -0.2) is 0 Å². The predicted molar refractivity (Wildman–Crippen MR) is 75.0 cm³/mol. The van der Waals surface area contributed by atoms with E-state index in [1.165, 1.54) is 0 Å². The molecule has 3 N–H and O–H groups in total. The van der Waals surface area contributed by atoms with Crippen molar-refractivity contribution in [3.05, 3.63) is 58.6 Å². The van der Waals surface area contributed by atoms with E-state index in [1.807, 2.05) is 30.3 Å². The lowest BCUT2D eigenvalue weighted by atomic mass is 9.76. The van der Waals surface area contributed by atoms with Crippen LogP contribution in [0.15, 0.2) is 53.0 Å². The van der Waals surface area contributed by atoms with Gasteiger partial charge in [-0.15, -0.1) is 0 Å². The minimum absolute atomic E-state index is 0.118. The summed E-state index contributed by atoms with van der Waals surface area (Å²) in [6.45, 7) is 0. The third-order valence-corrected chi connectivity index (χ3v) is 3.86. The van der Waals surface area contributed by atoms with E-state index >= 15 is 0 Å². The minimum atomic E-state index is -0.328. The van der Waals surface area contributed by atoms with Crippen molar-refractivity contribution in [2.24, 2.45) is 5.73 Å². The van der Waals surface area contributed by atoms with E-state index < -0.39 is 0 Å². The first-order valence-corrected chi connectivity index (χ1v) is 6.70. The Morgan fingerprint density at radius 3 is 2.70 bits per heavy atom. The Bertz CT molecular complexity index is 665. The van der Waals surface area contributed by atoms with Crippen LogP contribution < -0.4 is 11.1 Å². The summed E-state index contributed by atoms with van der Waals surface area (Å²) >= 11 is 0. The van der Waals surface area contributed by atoms with E-state index in [9.17, 15) is 10.1 Å². The minimum Gasteiger partial charge on any atom is -0.384 e. The molecule has 1 aliphatic heterocycles. The van der Waals surface area contributed by atoms with Crippen LogP contribution in [0.2, 0.25) is 0 Å². The van der Waals surface area contributed by atoms with Gasteiger partial charge in [-0.3, -0.25) is 4.79 Å². The highest BCUT2D eigenvalue weighted by atomic mass is 16.1. The van der Waals surface area contributed by atoms with E-state index in [-0.39, 0.29) is 11.7 Å².